The first kappa shape index (κ1) is 29.4. The Bertz CT molecular complexity index is 1450. The monoisotopic (exact) mass is 586 g/mol. The molecule has 3 aromatic rings. The van der Waals surface area contributed by atoms with Crippen LogP contribution in [0.3, 0.4) is 0 Å². The van der Waals surface area contributed by atoms with E-state index in [2.05, 4.69) is 25.3 Å². The number of anilines is 1. The second-order valence-corrected chi connectivity index (χ2v) is 13.2. The minimum atomic E-state index is -3.97. The number of carbonyl (C=O) groups excluding carboxylic acids is 1. The van der Waals surface area contributed by atoms with Crippen molar-refractivity contribution < 1.29 is 23.1 Å². The second-order valence-electron chi connectivity index (χ2n) is 10.5. The van der Waals surface area contributed by atoms with E-state index in [1.54, 1.807) is 51.2 Å². The molecule has 3 heterocycles. The number of rotatable bonds is 8. The third kappa shape index (κ3) is 7.77. The van der Waals surface area contributed by atoms with Crippen LogP contribution in [-0.4, -0.2) is 52.6 Å². The fraction of sp³-hybridized carbons (Fsp3) is 0.370. The number of likely N-dealkylation sites (tertiary alicyclic amines) is 1. The van der Waals surface area contributed by atoms with Gasteiger partial charge in [-0.3, -0.25) is 9.88 Å². The molecule has 4 rings (SSSR count). The zero-order valence-corrected chi connectivity index (χ0v) is 24.2. The second kappa shape index (κ2) is 12.3. The Morgan fingerprint density at radius 3 is 2.65 bits per heavy atom. The van der Waals surface area contributed by atoms with Crippen LogP contribution >= 0.6 is 11.8 Å². The van der Waals surface area contributed by atoms with Gasteiger partial charge in [0.25, 0.3) is 0 Å². The van der Waals surface area contributed by atoms with Gasteiger partial charge in [0.15, 0.2) is 0 Å². The molecule has 0 spiro atoms. The summed E-state index contributed by atoms with van der Waals surface area (Å²) in [6.07, 6.45) is 3.15. The van der Waals surface area contributed by atoms with Crippen molar-refractivity contribution in [1.82, 2.24) is 24.9 Å². The van der Waals surface area contributed by atoms with Crippen molar-refractivity contribution >= 4 is 39.6 Å². The summed E-state index contributed by atoms with van der Waals surface area (Å²) in [6.45, 7) is 5.94. The van der Waals surface area contributed by atoms with Crippen molar-refractivity contribution in [2.45, 2.75) is 73.0 Å². The van der Waals surface area contributed by atoms with E-state index in [4.69, 9.17) is 0 Å². The van der Waals surface area contributed by atoms with E-state index >= 15 is 0 Å². The van der Waals surface area contributed by atoms with Crippen LogP contribution in [0, 0.1) is 0 Å². The van der Waals surface area contributed by atoms with Gasteiger partial charge >= 0.3 is 12.1 Å². The Morgan fingerprint density at radius 2 is 1.95 bits per heavy atom. The number of aromatic amines is 1. The topological polar surface area (TPSA) is 157 Å². The van der Waals surface area contributed by atoms with Crippen molar-refractivity contribution in [3.63, 3.8) is 0 Å². The van der Waals surface area contributed by atoms with Crippen molar-refractivity contribution in [2.24, 2.45) is 0 Å². The fourth-order valence-electron chi connectivity index (χ4n) is 4.43. The number of pyridine rings is 1. The SMILES string of the molecule is CC(C)(C)NS(=O)(=O)c1cc(NC(=O)NCc2ccccn2)ccc1Sc1ccc(C2CCCCN2C(=O)O)[nH]1. The lowest BCUT2D eigenvalue weighted by Crippen LogP contribution is -2.40. The van der Waals surface area contributed by atoms with Gasteiger partial charge in [0.2, 0.25) is 10.0 Å². The number of sulfonamides is 1. The summed E-state index contributed by atoms with van der Waals surface area (Å²) in [5, 5.41) is 15.7. The van der Waals surface area contributed by atoms with Crippen LogP contribution in [0.15, 0.2) is 69.5 Å². The number of carbonyl (C=O) groups is 2. The molecule has 1 saturated heterocycles. The van der Waals surface area contributed by atoms with Crippen LogP contribution < -0.4 is 15.4 Å². The van der Waals surface area contributed by atoms with Gasteiger partial charge in [-0.25, -0.2) is 22.7 Å². The number of nitrogens with one attached hydrogen (secondary N) is 4. The molecular formula is C27H34N6O5S2. The number of aromatic nitrogens is 2. The molecule has 0 radical (unpaired) electrons. The fourth-order valence-corrected chi connectivity index (χ4v) is 7.26. The normalized spacial score (nSPS) is 16.0. The third-order valence-electron chi connectivity index (χ3n) is 6.10. The van der Waals surface area contributed by atoms with E-state index in [-0.39, 0.29) is 17.5 Å². The Balaban J connectivity index is 1.56. The first-order valence-corrected chi connectivity index (χ1v) is 15.2. The quantitative estimate of drug-likeness (QED) is 0.244. The van der Waals surface area contributed by atoms with Crippen molar-refractivity contribution in [2.75, 3.05) is 11.9 Å². The Labute approximate surface area is 238 Å². The molecule has 0 saturated carbocycles. The summed E-state index contributed by atoms with van der Waals surface area (Å²) < 4.78 is 29.6. The predicted molar refractivity (Wildman–Crippen MR) is 153 cm³/mol. The van der Waals surface area contributed by atoms with Gasteiger partial charge in [-0.05, 0) is 82.5 Å². The maximum atomic E-state index is 13.4. The zero-order chi connectivity index (χ0) is 28.9. The van der Waals surface area contributed by atoms with Gasteiger partial charge in [0.1, 0.15) is 0 Å². The predicted octanol–water partition coefficient (Wildman–Crippen LogP) is 5.16. The number of urea groups is 1. The Kier molecular flexibility index (Phi) is 9.06. The molecule has 13 heteroatoms. The number of piperidine rings is 1. The van der Waals surface area contributed by atoms with Crippen molar-refractivity contribution in [3.05, 3.63) is 66.1 Å². The smallest absolute Gasteiger partial charge is 0.407 e. The summed E-state index contributed by atoms with van der Waals surface area (Å²) in [7, 11) is -3.97. The molecule has 40 heavy (non-hydrogen) atoms. The highest BCUT2D eigenvalue weighted by atomic mass is 32.2. The van der Waals surface area contributed by atoms with Crippen LogP contribution in [0.1, 0.15) is 57.5 Å². The standard InChI is InChI=1S/C27H34N6O5S2/c1-27(2,3)32-40(37,38)23-16-18(30-25(34)29-17-19-8-4-6-14-28-19)10-12-22(23)39-24-13-11-20(31-24)21-9-5-7-15-33(21)26(35)36/h4,6,8,10-14,16,21,31-32H,5,7,9,15,17H2,1-3H3,(H,35,36)(H2,29,30,34). The number of amides is 3. The molecule has 1 aliphatic rings. The molecular weight excluding hydrogens is 552 g/mol. The molecule has 1 fully saturated rings. The van der Waals surface area contributed by atoms with Gasteiger partial charge in [0, 0.05) is 34.6 Å². The number of benzene rings is 1. The third-order valence-corrected chi connectivity index (χ3v) is 9.06. The summed E-state index contributed by atoms with van der Waals surface area (Å²) in [6, 6.07) is 13.0. The molecule has 1 unspecified atom stereocenters. The first-order chi connectivity index (χ1) is 18.9. The van der Waals surface area contributed by atoms with E-state index in [1.165, 1.54) is 22.7 Å². The average Bonchev–Trinajstić information content (AvgIpc) is 3.36. The molecule has 1 atom stereocenters. The molecule has 214 valence electrons. The van der Waals surface area contributed by atoms with E-state index in [1.807, 2.05) is 18.2 Å². The maximum absolute atomic E-state index is 13.4. The van der Waals surface area contributed by atoms with Crippen molar-refractivity contribution in [3.8, 4) is 0 Å². The number of nitrogens with zero attached hydrogens (tertiary/aromatic N) is 2. The lowest BCUT2D eigenvalue weighted by atomic mass is 10.0. The number of H-pyrrole nitrogens is 1. The highest BCUT2D eigenvalue weighted by molar-refractivity contribution is 8.00. The molecule has 1 aliphatic heterocycles. The molecule has 0 bridgehead atoms. The summed E-state index contributed by atoms with van der Waals surface area (Å²) in [5.41, 5.74) is 1.03. The van der Waals surface area contributed by atoms with Crippen molar-refractivity contribution in [1.29, 1.82) is 0 Å². The first-order valence-electron chi connectivity index (χ1n) is 12.9. The van der Waals surface area contributed by atoms with Crippen LogP contribution in [0.2, 0.25) is 0 Å². The molecule has 5 N–H and O–H groups in total. The van der Waals surface area contributed by atoms with Gasteiger partial charge < -0.3 is 20.7 Å². The summed E-state index contributed by atoms with van der Waals surface area (Å²) >= 11 is 1.22. The maximum Gasteiger partial charge on any atom is 0.407 e. The highest BCUT2D eigenvalue weighted by Gasteiger charge is 2.29. The zero-order valence-electron chi connectivity index (χ0n) is 22.6. The molecule has 0 aliphatic carbocycles. The van der Waals surface area contributed by atoms with E-state index in [0.29, 0.717) is 27.8 Å². The van der Waals surface area contributed by atoms with E-state index in [0.717, 1.165) is 25.0 Å². The summed E-state index contributed by atoms with van der Waals surface area (Å²) in [5.74, 6) is 0. The number of carboxylic acid groups (broad SMARTS) is 1. The highest BCUT2D eigenvalue weighted by Crippen LogP contribution is 2.37. The van der Waals surface area contributed by atoms with Gasteiger partial charge in [-0.15, -0.1) is 0 Å². The van der Waals surface area contributed by atoms with Gasteiger partial charge in [0.05, 0.1) is 28.2 Å². The average molecular weight is 587 g/mol. The number of hydrogen-bond acceptors (Lipinski definition) is 6. The van der Waals surface area contributed by atoms with E-state index < -0.39 is 27.7 Å². The lowest BCUT2D eigenvalue weighted by Gasteiger charge is -2.32. The van der Waals surface area contributed by atoms with Crippen LogP contribution in [0.25, 0.3) is 0 Å². The lowest BCUT2D eigenvalue weighted by molar-refractivity contribution is 0.105. The molecule has 1 aromatic carbocycles. The minimum absolute atomic E-state index is 0.0101. The summed E-state index contributed by atoms with van der Waals surface area (Å²) in [4.78, 5) is 33.6. The number of hydrogen-bond donors (Lipinski definition) is 5. The molecule has 2 aromatic heterocycles. The minimum Gasteiger partial charge on any atom is -0.465 e. The van der Waals surface area contributed by atoms with Crippen LogP contribution in [0.4, 0.5) is 15.3 Å². The Hall–Kier alpha value is -3.55. The van der Waals surface area contributed by atoms with E-state index in [9.17, 15) is 23.1 Å². The molecule has 3 amide bonds. The Morgan fingerprint density at radius 1 is 1.15 bits per heavy atom. The molecule has 11 nitrogen and oxygen atoms in total. The van der Waals surface area contributed by atoms with Crippen LogP contribution in [0.5, 0.6) is 0 Å². The van der Waals surface area contributed by atoms with Gasteiger partial charge in [-0.2, -0.15) is 0 Å². The largest absolute Gasteiger partial charge is 0.465 e. The van der Waals surface area contributed by atoms with Gasteiger partial charge in [-0.1, -0.05) is 17.8 Å². The van der Waals surface area contributed by atoms with Crippen LogP contribution in [-0.2, 0) is 16.6 Å².